The van der Waals surface area contributed by atoms with E-state index in [1.807, 2.05) is 11.3 Å². The first-order valence-corrected chi connectivity index (χ1v) is 37.5. The van der Waals surface area contributed by atoms with Crippen molar-refractivity contribution < 1.29 is 0 Å². The smallest absolute Gasteiger partial charge is 0.165 e. The van der Waals surface area contributed by atoms with Crippen LogP contribution in [0.15, 0.2) is 382 Å². The molecule has 107 heavy (non-hydrogen) atoms. The van der Waals surface area contributed by atoms with Crippen LogP contribution in [0.4, 0.5) is 0 Å². The third-order valence-electron chi connectivity index (χ3n) is 22.2. The Morgan fingerprint density at radius 3 is 0.748 bits per heavy atom. The molecule has 6 heteroatoms. The van der Waals surface area contributed by atoms with Crippen molar-refractivity contribution >= 4 is 119 Å². The minimum absolute atomic E-state index is 0.772. The van der Waals surface area contributed by atoms with Crippen LogP contribution in [0.25, 0.3) is 208 Å². The molecule has 0 atom stereocenters. The Kier molecular flexibility index (Phi) is 13.8. The molecule has 5 nitrogen and oxygen atoms in total. The highest BCUT2D eigenvalue weighted by Gasteiger charge is 2.34. The van der Waals surface area contributed by atoms with Gasteiger partial charge in [-0.05, 0) is 169 Å². The summed E-state index contributed by atoms with van der Waals surface area (Å²) in [6, 6.07) is 142. The largest absolute Gasteiger partial charge is 0.305 e. The van der Waals surface area contributed by atoms with Gasteiger partial charge in [-0.15, -0.1) is 11.3 Å². The summed E-state index contributed by atoms with van der Waals surface area (Å²) in [6.07, 6.45) is 0. The molecular formula is C101H63N5S. The molecule has 6 heterocycles. The van der Waals surface area contributed by atoms with E-state index in [1.54, 1.807) is 0 Å². The summed E-state index contributed by atoms with van der Waals surface area (Å²) in [5, 5.41) is 11.5. The monoisotopic (exact) mass is 1380 g/mol. The lowest BCUT2D eigenvalue weighted by Crippen LogP contribution is -2.16. The molecule has 0 bridgehead atoms. The van der Waals surface area contributed by atoms with E-state index in [1.165, 1.54) is 20.2 Å². The first-order chi connectivity index (χ1) is 53.1. The number of pyridine rings is 1. The Hall–Kier alpha value is -13.9. The maximum absolute atomic E-state index is 6.79. The molecule has 0 N–H and O–H groups in total. The number of nitrogens with zero attached hydrogens (tertiary/aromatic N) is 5. The Morgan fingerprint density at radius 2 is 0.421 bits per heavy atom. The topological polar surface area (TPSA) is 32.6 Å². The number of thiophene rings is 1. The Balaban J connectivity index is 0.998. The summed E-state index contributed by atoms with van der Waals surface area (Å²) in [5.41, 5.74) is 26.0. The summed E-state index contributed by atoms with van der Waals surface area (Å²) < 4.78 is 12.6. The van der Waals surface area contributed by atoms with Gasteiger partial charge in [0.2, 0.25) is 0 Å². The zero-order valence-electron chi connectivity index (χ0n) is 58.0. The third-order valence-corrected chi connectivity index (χ3v) is 23.3. The lowest BCUT2D eigenvalue weighted by molar-refractivity contribution is 0.961. The molecule has 0 amide bonds. The molecule has 0 aliphatic heterocycles. The van der Waals surface area contributed by atoms with Crippen molar-refractivity contribution in [2.75, 3.05) is 0 Å². The standard InChI is InChI=1S/C101H63N5S/c1-7-25-64(26-8-1)70-44-51-89-81(57-70)82-58-71(65-27-9-2-10-28-65)45-52-90(82)103(89)98-97(76-43-50-80-79-39-21-24-42-95(79)107-96(80)63-76)99(104-91-53-46-72(66-29-11-3-12-30-66)59-83(91)84-60-73(47-54-92(84)104)67-31-13-4-14-32-67)101(102-100(98)105-87-40-22-19-37-77(87)78-38-20-23-41-88(78)105)106-93-55-48-74(68-33-15-5-16-34-68)61-85(93)86-62-75(49-56-94(86)106)69-35-17-6-18-36-69/h1-63H. The predicted molar refractivity (Wildman–Crippen MR) is 453 cm³/mol. The number of hydrogen-bond donors (Lipinski definition) is 0. The van der Waals surface area contributed by atoms with Gasteiger partial charge in [0.15, 0.2) is 11.6 Å². The molecule has 0 spiro atoms. The quantitative estimate of drug-likeness (QED) is 0.127. The normalized spacial score (nSPS) is 11.9. The minimum Gasteiger partial charge on any atom is -0.305 e. The zero-order valence-corrected chi connectivity index (χ0v) is 58.8. The van der Waals surface area contributed by atoms with Gasteiger partial charge in [0.05, 0.1) is 44.1 Å². The van der Waals surface area contributed by atoms with Gasteiger partial charge >= 0.3 is 0 Å². The van der Waals surface area contributed by atoms with E-state index >= 15 is 0 Å². The van der Waals surface area contributed by atoms with E-state index < -0.39 is 0 Å². The molecule has 498 valence electrons. The van der Waals surface area contributed by atoms with E-state index in [4.69, 9.17) is 4.98 Å². The van der Waals surface area contributed by atoms with Crippen LogP contribution in [0, 0.1) is 0 Å². The second-order valence-electron chi connectivity index (χ2n) is 28.1. The number of para-hydroxylation sites is 2. The first-order valence-electron chi connectivity index (χ1n) is 36.7. The first kappa shape index (κ1) is 60.7. The predicted octanol–water partition coefficient (Wildman–Crippen LogP) is 27.5. The van der Waals surface area contributed by atoms with Crippen LogP contribution in [-0.4, -0.2) is 23.3 Å². The molecular weight excluding hydrogens is 1320 g/mol. The number of benzene rings is 16. The highest BCUT2D eigenvalue weighted by molar-refractivity contribution is 7.25. The van der Waals surface area contributed by atoms with Crippen LogP contribution < -0.4 is 0 Å². The fourth-order valence-electron chi connectivity index (χ4n) is 17.2. The Labute approximate surface area is 620 Å². The molecule has 16 aromatic carbocycles. The van der Waals surface area contributed by atoms with Crippen LogP contribution >= 0.6 is 11.3 Å². The maximum Gasteiger partial charge on any atom is 0.165 e. The third kappa shape index (κ3) is 9.66. The lowest BCUT2D eigenvalue weighted by atomic mass is 9.98. The van der Waals surface area contributed by atoms with Gasteiger partial charge in [-0.25, -0.2) is 4.98 Å². The van der Waals surface area contributed by atoms with Crippen molar-refractivity contribution in [3.63, 3.8) is 0 Å². The van der Waals surface area contributed by atoms with Crippen LogP contribution in [0.5, 0.6) is 0 Å². The molecule has 0 fully saturated rings. The van der Waals surface area contributed by atoms with Crippen molar-refractivity contribution in [3.05, 3.63) is 382 Å². The minimum atomic E-state index is 0.772. The Bertz CT molecular complexity index is 6990. The van der Waals surface area contributed by atoms with E-state index in [2.05, 4.69) is 400 Å². The highest BCUT2D eigenvalue weighted by Crippen LogP contribution is 2.52. The van der Waals surface area contributed by atoms with E-state index in [0.717, 1.165) is 188 Å². The number of fused-ring (bicyclic) bond motifs is 15. The van der Waals surface area contributed by atoms with Crippen molar-refractivity contribution in [1.29, 1.82) is 0 Å². The fourth-order valence-corrected chi connectivity index (χ4v) is 18.4. The molecule has 0 radical (unpaired) electrons. The molecule has 0 unspecified atom stereocenters. The fraction of sp³-hybridized carbons (Fsp3) is 0. The second kappa shape index (κ2) is 24.4. The number of rotatable bonds is 11. The van der Waals surface area contributed by atoms with E-state index in [9.17, 15) is 0 Å². The molecule has 0 aliphatic rings. The van der Waals surface area contributed by atoms with Crippen LogP contribution in [-0.2, 0) is 0 Å². The number of aromatic nitrogens is 5. The summed E-state index contributed by atoms with van der Waals surface area (Å²) in [6.45, 7) is 0. The van der Waals surface area contributed by atoms with Gasteiger partial charge in [0.1, 0.15) is 11.4 Å². The van der Waals surface area contributed by atoms with Crippen molar-refractivity contribution in [2.24, 2.45) is 0 Å². The average molecular weight is 1380 g/mol. The van der Waals surface area contributed by atoms with Gasteiger partial charge in [-0.2, -0.15) is 0 Å². The number of hydrogen-bond acceptors (Lipinski definition) is 2. The SMILES string of the molecule is c1ccc(-c2ccc3c(c2)c2cc(-c4ccccc4)ccc2n3-c2nc(-n3c4ccccc4c4ccccc43)c(-n3c4ccc(-c5ccccc5)cc4c4cc(-c5ccccc5)ccc43)c(-c3ccc4c(c3)sc3ccccc34)c2-n2c3ccc(-c4ccccc4)cc3c3cc(-c4ccccc4)ccc32)cc1. The molecule has 0 aliphatic carbocycles. The summed E-state index contributed by atoms with van der Waals surface area (Å²) in [7, 11) is 0. The molecule has 22 rings (SSSR count). The van der Waals surface area contributed by atoms with E-state index in [0.29, 0.717) is 0 Å². The average Bonchev–Trinajstić information content (AvgIpc) is 1.51. The second-order valence-corrected chi connectivity index (χ2v) is 29.2. The highest BCUT2D eigenvalue weighted by atomic mass is 32.1. The zero-order chi connectivity index (χ0) is 70.2. The van der Waals surface area contributed by atoms with Crippen molar-refractivity contribution in [1.82, 2.24) is 23.3 Å². The molecule has 6 aromatic heterocycles. The molecule has 22 aromatic rings. The van der Waals surface area contributed by atoms with Gasteiger partial charge in [0.25, 0.3) is 0 Å². The molecule has 0 saturated heterocycles. The van der Waals surface area contributed by atoms with E-state index in [-0.39, 0.29) is 0 Å². The lowest BCUT2D eigenvalue weighted by Gasteiger charge is -2.27. The van der Waals surface area contributed by atoms with Gasteiger partial charge in [-0.1, -0.05) is 285 Å². The van der Waals surface area contributed by atoms with Crippen LogP contribution in [0.1, 0.15) is 0 Å². The van der Waals surface area contributed by atoms with Crippen LogP contribution in [0.2, 0.25) is 0 Å². The Morgan fingerprint density at radius 1 is 0.168 bits per heavy atom. The van der Waals surface area contributed by atoms with Gasteiger partial charge in [-0.3, -0.25) is 9.13 Å². The summed E-state index contributed by atoms with van der Waals surface area (Å²) >= 11 is 1.86. The molecule has 0 saturated carbocycles. The van der Waals surface area contributed by atoms with Crippen molar-refractivity contribution in [2.45, 2.75) is 0 Å². The van der Waals surface area contributed by atoms with Crippen molar-refractivity contribution in [3.8, 4) is 101 Å². The van der Waals surface area contributed by atoms with Crippen LogP contribution in [0.3, 0.4) is 0 Å². The maximum atomic E-state index is 6.79. The van der Waals surface area contributed by atoms with Gasteiger partial charge < -0.3 is 9.13 Å². The summed E-state index contributed by atoms with van der Waals surface area (Å²) in [4.78, 5) is 6.79. The summed E-state index contributed by atoms with van der Waals surface area (Å²) in [5.74, 6) is 1.55. The van der Waals surface area contributed by atoms with Gasteiger partial charge in [0, 0.05) is 68.8 Å².